The molecule has 1 atom stereocenters. The maximum atomic E-state index is 10.3. The molecule has 0 aromatic carbocycles. The Morgan fingerprint density at radius 3 is 3.00 bits per heavy atom. The Kier molecular flexibility index (Phi) is 3.94. The van der Waals surface area contributed by atoms with Crippen molar-refractivity contribution in [2.75, 3.05) is 11.9 Å². The molecule has 5 heteroatoms. The number of hydrogen-bond acceptors (Lipinski definition) is 5. The molecule has 0 bridgehead atoms. The van der Waals surface area contributed by atoms with Crippen LogP contribution in [0.5, 0.6) is 0 Å². The van der Waals surface area contributed by atoms with Crippen molar-refractivity contribution in [2.45, 2.75) is 38.2 Å². The van der Waals surface area contributed by atoms with Crippen molar-refractivity contribution in [2.24, 2.45) is 5.92 Å². The molecule has 0 amide bonds. The normalized spacial score (nSPS) is 18.6. The van der Waals surface area contributed by atoms with E-state index in [-0.39, 0.29) is 6.10 Å². The Bertz CT molecular complexity index is 536. The molecule has 102 valence electrons. The first-order valence-corrected chi connectivity index (χ1v) is 7.82. The average Bonchev–Trinajstić information content (AvgIpc) is 2.94. The monoisotopic (exact) mass is 277 g/mol. The number of thiophene rings is 1. The molecule has 0 saturated heterocycles. The van der Waals surface area contributed by atoms with Gasteiger partial charge in [-0.25, -0.2) is 9.97 Å². The number of fused-ring (bicyclic) bond motifs is 1. The highest BCUT2D eigenvalue weighted by Gasteiger charge is 2.21. The summed E-state index contributed by atoms with van der Waals surface area (Å²) in [5.74, 6) is 1.29. The van der Waals surface area contributed by atoms with Crippen molar-refractivity contribution >= 4 is 27.4 Å². The summed E-state index contributed by atoms with van der Waals surface area (Å²) in [5.41, 5.74) is 0.967. The van der Waals surface area contributed by atoms with Crippen LogP contribution in [0.1, 0.15) is 32.1 Å². The first-order chi connectivity index (χ1) is 9.34. The van der Waals surface area contributed by atoms with Crippen LogP contribution < -0.4 is 5.32 Å². The fraction of sp³-hybridized carbons (Fsp3) is 0.571. The standard InChI is InChI=1S/C14H19N3OS/c18-12(10-4-2-1-3-5-10)8-15-14-13-11(6-7-19-13)16-9-17-14/h6-7,9-10,12,18H,1-5,8H2,(H,15,16,17). The minimum Gasteiger partial charge on any atom is -0.391 e. The molecule has 1 fully saturated rings. The van der Waals surface area contributed by atoms with Gasteiger partial charge in [0.2, 0.25) is 0 Å². The van der Waals surface area contributed by atoms with E-state index in [0.717, 1.165) is 28.9 Å². The van der Waals surface area contributed by atoms with Crippen LogP contribution in [0.25, 0.3) is 10.2 Å². The quantitative estimate of drug-likeness (QED) is 0.902. The molecule has 1 aliphatic rings. The fourth-order valence-electron chi connectivity index (χ4n) is 2.80. The van der Waals surface area contributed by atoms with Gasteiger partial charge in [0, 0.05) is 6.54 Å². The molecular formula is C14H19N3OS. The van der Waals surface area contributed by atoms with Gasteiger partial charge in [0.25, 0.3) is 0 Å². The van der Waals surface area contributed by atoms with Gasteiger partial charge in [0.15, 0.2) is 0 Å². The maximum Gasteiger partial charge on any atom is 0.147 e. The molecule has 2 aromatic heterocycles. The minimum atomic E-state index is -0.273. The molecule has 0 spiro atoms. The summed E-state index contributed by atoms with van der Waals surface area (Å²) in [6.07, 6.45) is 7.44. The summed E-state index contributed by atoms with van der Waals surface area (Å²) in [6.45, 7) is 0.578. The average molecular weight is 277 g/mol. The van der Waals surface area contributed by atoms with Crippen LogP contribution in [0.4, 0.5) is 5.82 Å². The highest BCUT2D eigenvalue weighted by molar-refractivity contribution is 7.17. The zero-order valence-corrected chi connectivity index (χ0v) is 11.7. The lowest BCUT2D eigenvalue weighted by atomic mass is 9.85. The molecule has 1 unspecified atom stereocenters. The number of aliphatic hydroxyl groups is 1. The molecule has 3 rings (SSSR count). The molecule has 2 N–H and O–H groups in total. The van der Waals surface area contributed by atoms with Gasteiger partial charge in [-0.1, -0.05) is 19.3 Å². The second-order valence-corrected chi connectivity index (χ2v) is 6.12. The van der Waals surface area contributed by atoms with Crippen molar-refractivity contribution in [1.82, 2.24) is 9.97 Å². The first-order valence-electron chi connectivity index (χ1n) is 6.95. The third-order valence-electron chi connectivity index (χ3n) is 3.92. The van der Waals surface area contributed by atoms with E-state index in [2.05, 4.69) is 15.3 Å². The number of aromatic nitrogens is 2. The third-order valence-corrected chi connectivity index (χ3v) is 4.83. The predicted octanol–water partition coefficient (Wildman–Crippen LogP) is 3.04. The lowest BCUT2D eigenvalue weighted by Gasteiger charge is -2.26. The maximum absolute atomic E-state index is 10.3. The van der Waals surface area contributed by atoms with Crippen LogP contribution in [0.2, 0.25) is 0 Å². The van der Waals surface area contributed by atoms with E-state index in [1.165, 1.54) is 19.3 Å². The highest BCUT2D eigenvalue weighted by Crippen LogP contribution is 2.28. The van der Waals surface area contributed by atoms with Crippen LogP contribution in [0.3, 0.4) is 0 Å². The summed E-state index contributed by atoms with van der Waals surface area (Å²) in [6, 6.07) is 1.99. The number of aliphatic hydroxyl groups excluding tert-OH is 1. The van der Waals surface area contributed by atoms with E-state index in [9.17, 15) is 5.11 Å². The highest BCUT2D eigenvalue weighted by atomic mass is 32.1. The predicted molar refractivity (Wildman–Crippen MR) is 78.5 cm³/mol. The molecule has 1 aliphatic carbocycles. The van der Waals surface area contributed by atoms with Crippen LogP contribution >= 0.6 is 11.3 Å². The van der Waals surface area contributed by atoms with Crippen molar-refractivity contribution in [3.05, 3.63) is 17.8 Å². The van der Waals surface area contributed by atoms with Crippen molar-refractivity contribution in [3.63, 3.8) is 0 Å². The third kappa shape index (κ3) is 2.87. The van der Waals surface area contributed by atoms with E-state index in [0.29, 0.717) is 12.5 Å². The number of rotatable bonds is 4. The fourth-order valence-corrected chi connectivity index (χ4v) is 3.61. The Morgan fingerprint density at radius 2 is 2.16 bits per heavy atom. The Labute approximate surface area is 116 Å². The molecular weight excluding hydrogens is 258 g/mol. The minimum absolute atomic E-state index is 0.273. The number of anilines is 1. The molecule has 2 heterocycles. The van der Waals surface area contributed by atoms with Gasteiger partial charge in [-0.3, -0.25) is 0 Å². The molecule has 19 heavy (non-hydrogen) atoms. The summed E-state index contributed by atoms with van der Waals surface area (Å²) in [7, 11) is 0. The van der Waals surface area contributed by atoms with Gasteiger partial charge in [0.1, 0.15) is 12.1 Å². The summed E-state index contributed by atoms with van der Waals surface area (Å²) < 4.78 is 1.07. The Balaban J connectivity index is 1.63. The topological polar surface area (TPSA) is 58.0 Å². The largest absolute Gasteiger partial charge is 0.391 e. The molecule has 0 radical (unpaired) electrons. The zero-order chi connectivity index (χ0) is 13.1. The van der Waals surface area contributed by atoms with Gasteiger partial charge in [-0.2, -0.15) is 0 Å². The van der Waals surface area contributed by atoms with E-state index in [4.69, 9.17) is 0 Å². The van der Waals surface area contributed by atoms with Crippen molar-refractivity contribution in [1.29, 1.82) is 0 Å². The second kappa shape index (κ2) is 5.84. The molecule has 2 aromatic rings. The van der Waals surface area contributed by atoms with E-state index in [1.807, 2.05) is 11.4 Å². The second-order valence-electron chi connectivity index (χ2n) is 5.20. The zero-order valence-electron chi connectivity index (χ0n) is 10.9. The van der Waals surface area contributed by atoms with Crippen LogP contribution in [-0.2, 0) is 0 Å². The van der Waals surface area contributed by atoms with E-state index < -0.39 is 0 Å². The number of hydrogen-bond donors (Lipinski definition) is 2. The molecule has 1 saturated carbocycles. The van der Waals surface area contributed by atoms with Gasteiger partial charge < -0.3 is 10.4 Å². The number of nitrogens with zero attached hydrogens (tertiary/aromatic N) is 2. The van der Waals surface area contributed by atoms with Gasteiger partial charge in [0.05, 0.1) is 16.3 Å². The van der Waals surface area contributed by atoms with Gasteiger partial charge >= 0.3 is 0 Å². The lowest BCUT2D eigenvalue weighted by molar-refractivity contribution is 0.0956. The Morgan fingerprint density at radius 1 is 1.32 bits per heavy atom. The van der Waals surface area contributed by atoms with Crippen molar-refractivity contribution in [3.8, 4) is 0 Å². The molecule has 0 aliphatic heterocycles. The SMILES string of the molecule is OC(CNc1ncnc2ccsc12)C1CCCCC1. The summed E-state index contributed by atoms with van der Waals surface area (Å²) >= 11 is 1.63. The van der Waals surface area contributed by atoms with E-state index >= 15 is 0 Å². The van der Waals surface area contributed by atoms with Crippen LogP contribution in [0, 0.1) is 5.92 Å². The summed E-state index contributed by atoms with van der Waals surface area (Å²) in [5, 5.41) is 15.6. The lowest BCUT2D eigenvalue weighted by Crippen LogP contribution is -2.30. The van der Waals surface area contributed by atoms with Gasteiger partial charge in [-0.15, -0.1) is 11.3 Å². The number of nitrogens with one attached hydrogen (secondary N) is 1. The first kappa shape index (κ1) is 12.8. The van der Waals surface area contributed by atoms with Crippen LogP contribution in [0.15, 0.2) is 17.8 Å². The molecule has 4 nitrogen and oxygen atoms in total. The Hall–Kier alpha value is -1.20. The van der Waals surface area contributed by atoms with Crippen molar-refractivity contribution < 1.29 is 5.11 Å². The smallest absolute Gasteiger partial charge is 0.147 e. The van der Waals surface area contributed by atoms with Crippen LogP contribution in [-0.4, -0.2) is 27.7 Å². The van der Waals surface area contributed by atoms with E-state index in [1.54, 1.807) is 17.7 Å². The van der Waals surface area contributed by atoms with Gasteiger partial charge in [-0.05, 0) is 30.2 Å². The summed E-state index contributed by atoms with van der Waals surface area (Å²) in [4.78, 5) is 8.49.